The first-order valence-corrected chi connectivity index (χ1v) is 8.18. The van der Waals surface area contributed by atoms with Crippen molar-refractivity contribution in [2.75, 3.05) is 19.7 Å². The monoisotopic (exact) mass is 270 g/mol. The summed E-state index contributed by atoms with van der Waals surface area (Å²) in [5.74, 6) is 1.64. The average molecular weight is 270 g/mol. The Balaban J connectivity index is 2.36. The Morgan fingerprint density at radius 1 is 1.32 bits per heavy atom. The highest BCUT2D eigenvalue weighted by Crippen LogP contribution is 2.35. The average Bonchev–Trinajstić information content (AvgIpc) is 2.38. The van der Waals surface area contributed by atoms with Gasteiger partial charge in [0.2, 0.25) is 0 Å². The van der Waals surface area contributed by atoms with Gasteiger partial charge in [0.15, 0.2) is 0 Å². The number of aliphatic hydroxyl groups is 1. The summed E-state index contributed by atoms with van der Waals surface area (Å²) < 4.78 is 0. The van der Waals surface area contributed by atoms with Crippen LogP contribution in [0, 0.1) is 11.8 Å². The van der Waals surface area contributed by atoms with E-state index in [1.54, 1.807) is 0 Å². The van der Waals surface area contributed by atoms with E-state index >= 15 is 0 Å². The molecule has 3 nitrogen and oxygen atoms in total. The second kappa shape index (κ2) is 8.93. The van der Waals surface area contributed by atoms with E-state index in [1.165, 1.54) is 32.1 Å². The number of hydrogen-bond donors (Lipinski definition) is 3. The highest BCUT2D eigenvalue weighted by molar-refractivity contribution is 4.94. The molecule has 0 aromatic heterocycles. The molecule has 0 spiro atoms. The molecule has 1 aliphatic carbocycles. The fourth-order valence-electron chi connectivity index (χ4n) is 3.54. The molecule has 2 unspecified atom stereocenters. The maximum absolute atomic E-state index is 8.79. The van der Waals surface area contributed by atoms with Crippen molar-refractivity contribution < 1.29 is 5.11 Å². The fourth-order valence-corrected chi connectivity index (χ4v) is 3.54. The van der Waals surface area contributed by atoms with Gasteiger partial charge in [-0.25, -0.2) is 0 Å². The van der Waals surface area contributed by atoms with Crippen molar-refractivity contribution in [3.8, 4) is 0 Å². The van der Waals surface area contributed by atoms with Crippen molar-refractivity contribution in [3.05, 3.63) is 0 Å². The van der Waals surface area contributed by atoms with Gasteiger partial charge in [-0.15, -0.1) is 0 Å². The van der Waals surface area contributed by atoms with E-state index in [4.69, 9.17) is 10.8 Å². The number of rotatable bonds is 9. The summed E-state index contributed by atoms with van der Waals surface area (Å²) in [7, 11) is 0. The molecule has 4 N–H and O–H groups in total. The SMILES string of the molecule is CC(C)CC1CCCC(CN)(NCCCCCO)C1. The van der Waals surface area contributed by atoms with Crippen LogP contribution in [0.3, 0.4) is 0 Å². The van der Waals surface area contributed by atoms with Gasteiger partial charge < -0.3 is 16.2 Å². The van der Waals surface area contributed by atoms with E-state index in [9.17, 15) is 0 Å². The molecule has 1 aliphatic rings. The van der Waals surface area contributed by atoms with Crippen molar-refractivity contribution in [1.82, 2.24) is 5.32 Å². The largest absolute Gasteiger partial charge is 0.396 e. The first kappa shape index (κ1) is 16.9. The summed E-state index contributed by atoms with van der Waals surface area (Å²) in [6.45, 7) is 6.77. The molecule has 2 atom stereocenters. The number of nitrogens with one attached hydrogen (secondary N) is 1. The van der Waals surface area contributed by atoms with Crippen LogP contribution in [0.25, 0.3) is 0 Å². The molecular formula is C16H34N2O. The van der Waals surface area contributed by atoms with Crippen LogP contribution in [0.2, 0.25) is 0 Å². The topological polar surface area (TPSA) is 58.3 Å². The first-order chi connectivity index (χ1) is 9.12. The smallest absolute Gasteiger partial charge is 0.0431 e. The van der Waals surface area contributed by atoms with Gasteiger partial charge in [-0.2, -0.15) is 0 Å². The Hall–Kier alpha value is -0.120. The number of hydrogen-bond acceptors (Lipinski definition) is 3. The lowest BCUT2D eigenvalue weighted by atomic mass is 9.73. The number of nitrogens with two attached hydrogens (primary N) is 1. The van der Waals surface area contributed by atoms with Crippen LogP contribution in [-0.4, -0.2) is 30.3 Å². The Bertz CT molecular complexity index is 233. The molecule has 0 radical (unpaired) electrons. The molecular weight excluding hydrogens is 236 g/mol. The van der Waals surface area contributed by atoms with Gasteiger partial charge in [-0.1, -0.05) is 26.7 Å². The summed E-state index contributed by atoms with van der Waals surface area (Å²) in [6.07, 6.45) is 9.71. The van der Waals surface area contributed by atoms with Gasteiger partial charge in [0.05, 0.1) is 0 Å². The third-order valence-electron chi connectivity index (χ3n) is 4.48. The highest BCUT2D eigenvalue weighted by atomic mass is 16.2. The molecule has 1 saturated carbocycles. The van der Waals surface area contributed by atoms with Crippen LogP contribution in [0.1, 0.15) is 65.2 Å². The van der Waals surface area contributed by atoms with Gasteiger partial charge in [0.1, 0.15) is 0 Å². The van der Waals surface area contributed by atoms with E-state index in [0.29, 0.717) is 6.61 Å². The molecule has 1 rings (SSSR count). The Morgan fingerprint density at radius 3 is 2.74 bits per heavy atom. The van der Waals surface area contributed by atoms with Crippen molar-refractivity contribution in [2.45, 2.75) is 70.8 Å². The molecule has 19 heavy (non-hydrogen) atoms. The molecule has 0 aromatic rings. The minimum absolute atomic E-state index is 0.191. The lowest BCUT2D eigenvalue weighted by Crippen LogP contribution is -2.54. The Morgan fingerprint density at radius 2 is 2.11 bits per heavy atom. The third-order valence-corrected chi connectivity index (χ3v) is 4.48. The zero-order chi connectivity index (χ0) is 14.1. The molecule has 0 bridgehead atoms. The summed E-state index contributed by atoms with van der Waals surface area (Å²) in [6, 6.07) is 0. The predicted octanol–water partition coefficient (Wildman–Crippen LogP) is 2.67. The van der Waals surface area contributed by atoms with Gasteiger partial charge >= 0.3 is 0 Å². The fraction of sp³-hybridized carbons (Fsp3) is 1.00. The lowest BCUT2D eigenvalue weighted by molar-refractivity contribution is 0.167. The van der Waals surface area contributed by atoms with E-state index in [1.807, 2.05) is 0 Å². The second-order valence-electron chi connectivity index (χ2n) is 6.79. The quantitative estimate of drug-likeness (QED) is 0.565. The van der Waals surface area contributed by atoms with E-state index in [2.05, 4.69) is 19.2 Å². The number of unbranched alkanes of at least 4 members (excludes halogenated alkanes) is 2. The molecule has 3 heteroatoms. The summed E-state index contributed by atoms with van der Waals surface area (Å²) in [5, 5.41) is 12.5. The zero-order valence-corrected chi connectivity index (χ0v) is 13.0. The zero-order valence-electron chi connectivity index (χ0n) is 13.0. The normalized spacial score (nSPS) is 27.9. The lowest BCUT2D eigenvalue weighted by Gasteiger charge is -2.42. The summed E-state index contributed by atoms with van der Waals surface area (Å²) >= 11 is 0. The highest BCUT2D eigenvalue weighted by Gasteiger charge is 2.34. The van der Waals surface area contributed by atoms with Gasteiger partial charge in [0.25, 0.3) is 0 Å². The summed E-state index contributed by atoms with van der Waals surface area (Å²) in [4.78, 5) is 0. The van der Waals surface area contributed by atoms with E-state index in [0.717, 1.165) is 44.2 Å². The van der Waals surface area contributed by atoms with Crippen molar-refractivity contribution in [2.24, 2.45) is 17.6 Å². The van der Waals surface area contributed by atoms with Gasteiger partial charge in [-0.05, 0) is 56.9 Å². The molecule has 114 valence electrons. The minimum Gasteiger partial charge on any atom is -0.396 e. The first-order valence-electron chi connectivity index (χ1n) is 8.18. The van der Waals surface area contributed by atoms with Crippen LogP contribution < -0.4 is 11.1 Å². The predicted molar refractivity (Wildman–Crippen MR) is 82.1 cm³/mol. The maximum Gasteiger partial charge on any atom is 0.0431 e. The number of aliphatic hydroxyl groups excluding tert-OH is 1. The van der Waals surface area contributed by atoms with Gasteiger partial charge in [-0.3, -0.25) is 0 Å². The van der Waals surface area contributed by atoms with E-state index in [-0.39, 0.29) is 5.54 Å². The molecule has 0 amide bonds. The molecule has 1 fully saturated rings. The molecule has 0 aliphatic heterocycles. The van der Waals surface area contributed by atoms with Gasteiger partial charge in [0, 0.05) is 18.7 Å². The standard InChI is InChI=1S/C16H34N2O/c1-14(2)11-15-7-6-8-16(12-15,13-17)18-9-4-3-5-10-19/h14-15,18-19H,3-13,17H2,1-2H3. The van der Waals surface area contributed by atoms with Crippen molar-refractivity contribution in [1.29, 1.82) is 0 Å². The van der Waals surface area contributed by atoms with Crippen LogP contribution >= 0.6 is 0 Å². The van der Waals surface area contributed by atoms with Crippen LogP contribution in [0.4, 0.5) is 0 Å². The Kier molecular flexibility index (Phi) is 7.96. The second-order valence-corrected chi connectivity index (χ2v) is 6.79. The van der Waals surface area contributed by atoms with E-state index < -0.39 is 0 Å². The maximum atomic E-state index is 8.79. The molecule has 0 saturated heterocycles. The Labute approximate surface area is 119 Å². The van der Waals surface area contributed by atoms with Crippen molar-refractivity contribution >= 4 is 0 Å². The molecule has 0 heterocycles. The van der Waals surface area contributed by atoms with Crippen molar-refractivity contribution in [3.63, 3.8) is 0 Å². The summed E-state index contributed by atoms with van der Waals surface area (Å²) in [5.41, 5.74) is 6.26. The van der Waals surface area contributed by atoms with Crippen LogP contribution in [0.5, 0.6) is 0 Å². The third kappa shape index (κ3) is 6.24. The molecule has 0 aromatic carbocycles. The van der Waals surface area contributed by atoms with Crippen LogP contribution in [-0.2, 0) is 0 Å². The minimum atomic E-state index is 0.191. The van der Waals surface area contributed by atoms with Crippen LogP contribution in [0.15, 0.2) is 0 Å².